The van der Waals surface area contributed by atoms with Crippen molar-refractivity contribution >= 4 is 17.7 Å². The number of benzene rings is 1. The van der Waals surface area contributed by atoms with E-state index in [1.54, 1.807) is 0 Å². The van der Waals surface area contributed by atoms with E-state index in [0.29, 0.717) is 5.69 Å². The number of aromatic nitrogens is 2. The van der Waals surface area contributed by atoms with Gasteiger partial charge in [0, 0.05) is 48.8 Å². The summed E-state index contributed by atoms with van der Waals surface area (Å²) in [6.07, 6.45) is 0.910. The van der Waals surface area contributed by atoms with E-state index in [1.807, 2.05) is 16.7 Å². The number of amides is 1. The Morgan fingerprint density at radius 2 is 2.17 bits per heavy atom. The van der Waals surface area contributed by atoms with Crippen molar-refractivity contribution in [3.05, 3.63) is 52.3 Å². The number of nitrogens with one attached hydrogen (secondary N) is 2. The third-order valence-corrected chi connectivity index (χ3v) is 5.88. The summed E-state index contributed by atoms with van der Waals surface area (Å²) in [4.78, 5) is 15.2. The minimum atomic E-state index is 0.0575. The van der Waals surface area contributed by atoms with Gasteiger partial charge in [-0.15, -0.1) is 0 Å². The number of hydrogen-bond acceptors (Lipinski definition) is 4. The van der Waals surface area contributed by atoms with Gasteiger partial charge in [0.15, 0.2) is 5.69 Å². The summed E-state index contributed by atoms with van der Waals surface area (Å²) in [6.45, 7) is 4.53. The van der Waals surface area contributed by atoms with Crippen molar-refractivity contribution in [3.8, 4) is 0 Å². The maximum absolute atomic E-state index is 13.2. The van der Waals surface area contributed by atoms with Gasteiger partial charge in [0.2, 0.25) is 0 Å². The molecular weight excluding hydrogens is 320 g/mol. The molecule has 1 aromatic carbocycles. The molecule has 1 atom stereocenters. The number of fused-ring (bicyclic) bond motifs is 1. The molecule has 126 valence electrons. The van der Waals surface area contributed by atoms with E-state index < -0.39 is 0 Å². The zero-order valence-electron chi connectivity index (χ0n) is 13.8. The molecule has 0 spiro atoms. The van der Waals surface area contributed by atoms with Crippen LogP contribution in [0.1, 0.15) is 38.9 Å². The smallest absolute Gasteiger partial charge is 0.275 e. The van der Waals surface area contributed by atoms with Crippen LogP contribution in [-0.2, 0) is 13.0 Å². The van der Waals surface area contributed by atoms with Gasteiger partial charge in [0.1, 0.15) is 0 Å². The maximum atomic E-state index is 13.2. The second-order valence-electron chi connectivity index (χ2n) is 6.46. The van der Waals surface area contributed by atoms with E-state index in [4.69, 9.17) is 0 Å². The van der Waals surface area contributed by atoms with Gasteiger partial charge in [0.25, 0.3) is 5.91 Å². The van der Waals surface area contributed by atoms with Crippen LogP contribution in [0.3, 0.4) is 0 Å². The van der Waals surface area contributed by atoms with E-state index >= 15 is 0 Å². The summed E-state index contributed by atoms with van der Waals surface area (Å²) in [5.74, 6) is 1.99. The molecule has 1 amide bonds. The molecule has 0 aliphatic carbocycles. The van der Waals surface area contributed by atoms with Gasteiger partial charge in [-0.25, -0.2) is 0 Å². The largest absolute Gasteiger partial charge is 0.329 e. The Morgan fingerprint density at radius 1 is 1.33 bits per heavy atom. The highest BCUT2D eigenvalue weighted by atomic mass is 32.2. The molecule has 24 heavy (non-hydrogen) atoms. The van der Waals surface area contributed by atoms with Crippen molar-refractivity contribution < 1.29 is 4.79 Å². The van der Waals surface area contributed by atoms with Crippen LogP contribution in [-0.4, -0.2) is 45.6 Å². The fourth-order valence-electron chi connectivity index (χ4n) is 3.45. The molecule has 1 fully saturated rings. The topological polar surface area (TPSA) is 61.0 Å². The molecule has 2 N–H and O–H groups in total. The Bertz CT molecular complexity index is 740. The number of aromatic amines is 1. The van der Waals surface area contributed by atoms with Crippen LogP contribution in [0.2, 0.25) is 0 Å². The van der Waals surface area contributed by atoms with E-state index in [1.165, 1.54) is 11.1 Å². The number of hydrogen-bond donors (Lipinski definition) is 2. The number of thioether (sulfide) groups is 1. The van der Waals surface area contributed by atoms with Crippen LogP contribution >= 0.6 is 11.8 Å². The first kappa shape index (κ1) is 15.7. The van der Waals surface area contributed by atoms with Crippen molar-refractivity contribution in [2.24, 2.45) is 0 Å². The van der Waals surface area contributed by atoms with Crippen LogP contribution in [0, 0.1) is 6.92 Å². The molecule has 2 aliphatic heterocycles. The van der Waals surface area contributed by atoms with Crippen LogP contribution in [0.4, 0.5) is 0 Å². The van der Waals surface area contributed by atoms with Gasteiger partial charge in [-0.1, -0.05) is 29.8 Å². The summed E-state index contributed by atoms with van der Waals surface area (Å²) in [5, 5.41) is 10.8. The second-order valence-corrected chi connectivity index (χ2v) is 7.61. The zero-order valence-corrected chi connectivity index (χ0v) is 14.7. The Hall–Kier alpha value is -1.79. The number of H-pyrrole nitrogens is 1. The summed E-state index contributed by atoms with van der Waals surface area (Å²) >= 11 is 1.91. The molecule has 1 saturated heterocycles. The monoisotopic (exact) mass is 342 g/mol. The van der Waals surface area contributed by atoms with Crippen LogP contribution in [0.25, 0.3) is 0 Å². The first-order valence-corrected chi connectivity index (χ1v) is 9.61. The third-order valence-electron chi connectivity index (χ3n) is 4.86. The van der Waals surface area contributed by atoms with E-state index in [9.17, 15) is 4.79 Å². The molecule has 2 aromatic rings. The quantitative estimate of drug-likeness (QED) is 0.879. The normalized spacial score (nSPS) is 20.7. The molecular formula is C18H22N4OS. The van der Waals surface area contributed by atoms with Crippen molar-refractivity contribution in [2.75, 3.05) is 24.6 Å². The van der Waals surface area contributed by atoms with Gasteiger partial charge in [0.05, 0.1) is 6.04 Å². The molecule has 4 rings (SSSR count). The lowest BCUT2D eigenvalue weighted by Crippen LogP contribution is -2.41. The zero-order chi connectivity index (χ0) is 16.5. The van der Waals surface area contributed by atoms with Crippen molar-refractivity contribution in [1.29, 1.82) is 0 Å². The number of carbonyl (C=O) groups is 1. The Kier molecular flexibility index (Phi) is 4.33. The van der Waals surface area contributed by atoms with Crippen molar-refractivity contribution in [1.82, 2.24) is 20.4 Å². The van der Waals surface area contributed by atoms with Crippen LogP contribution < -0.4 is 5.32 Å². The highest BCUT2D eigenvalue weighted by Crippen LogP contribution is 2.31. The van der Waals surface area contributed by atoms with Gasteiger partial charge in [-0.05, 0) is 12.5 Å². The predicted molar refractivity (Wildman–Crippen MR) is 96.3 cm³/mol. The SMILES string of the molecule is Cc1ccc(C2CSCCN2C(=O)c2n[nH]c3c2CNCC3)cc1. The lowest BCUT2D eigenvalue weighted by atomic mass is 10.0. The molecule has 2 aliphatic rings. The lowest BCUT2D eigenvalue weighted by Gasteiger charge is -2.35. The molecule has 6 heteroatoms. The minimum Gasteiger partial charge on any atom is -0.329 e. The molecule has 5 nitrogen and oxygen atoms in total. The first-order valence-electron chi connectivity index (χ1n) is 8.46. The molecule has 0 saturated carbocycles. The predicted octanol–water partition coefficient (Wildman–Crippen LogP) is 2.29. The second kappa shape index (κ2) is 6.61. The van der Waals surface area contributed by atoms with E-state index in [0.717, 1.165) is 48.8 Å². The lowest BCUT2D eigenvalue weighted by molar-refractivity contribution is 0.0694. The summed E-state index contributed by atoms with van der Waals surface area (Å²) in [5.41, 5.74) is 5.21. The molecule has 1 unspecified atom stereocenters. The Balaban J connectivity index is 1.64. The van der Waals surface area contributed by atoms with Gasteiger partial charge in [-0.3, -0.25) is 9.89 Å². The Morgan fingerprint density at radius 3 is 3.00 bits per heavy atom. The summed E-state index contributed by atoms with van der Waals surface area (Å²) in [7, 11) is 0. The van der Waals surface area contributed by atoms with Gasteiger partial charge >= 0.3 is 0 Å². The number of aryl methyl sites for hydroxylation is 1. The van der Waals surface area contributed by atoms with Gasteiger partial charge < -0.3 is 10.2 Å². The van der Waals surface area contributed by atoms with E-state index in [2.05, 4.69) is 46.7 Å². The number of rotatable bonds is 2. The van der Waals surface area contributed by atoms with E-state index in [-0.39, 0.29) is 11.9 Å². The molecule has 0 radical (unpaired) electrons. The Labute approximate surface area is 146 Å². The van der Waals surface area contributed by atoms with Crippen LogP contribution in [0.5, 0.6) is 0 Å². The van der Waals surface area contributed by atoms with Gasteiger partial charge in [-0.2, -0.15) is 16.9 Å². The number of nitrogens with zero attached hydrogens (tertiary/aromatic N) is 2. The van der Waals surface area contributed by atoms with Crippen molar-refractivity contribution in [2.45, 2.75) is 25.9 Å². The molecule has 3 heterocycles. The highest BCUT2D eigenvalue weighted by Gasteiger charge is 2.32. The standard InChI is InChI=1S/C18H22N4OS/c1-12-2-4-13(5-3-12)16-11-24-9-8-22(16)18(23)17-14-10-19-7-6-15(14)20-21-17/h2-5,16,19H,6-11H2,1H3,(H,20,21). The third kappa shape index (κ3) is 2.84. The molecule has 1 aromatic heterocycles. The van der Waals surface area contributed by atoms with Crippen molar-refractivity contribution in [3.63, 3.8) is 0 Å². The van der Waals surface area contributed by atoms with Crippen LogP contribution in [0.15, 0.2) is 24.3 Å². The average Bonchev–Trinajstić information content (AvgIpc) is 3.06. The average molecular weight is 342 g/mol. The molecule has 0 bridgehead atoms. The highest BCUT2D eigenvalue weighted by molar-refractivity contribution is 7.99. The maximum Gasteiger partial charge on any atom is 0.275 e. The summed E-state index contributed by atoms with van der Waals surface area (Å²) < 4.78 is 0. The fourth-order valence-corrected chi connectivity index (χ4v) is 4.54. The first-order chi connectivity index (χ1) is 11.7. The fraction of sp³-hybridized carbons (Fsp3) is 0.444. The summed E-state index contributed by atoms with van der Waals surface area (Å²) in [6, 6.07) is 8.66. The number of carbonyl (C=O) groups excluding carboxylic acids is 1. The minimum absolute atomic E-state index is 0.0575.